The fourth-order valence-corrected chi connectivity index (χ4v) is 3.55. The fraction of sp³-hybridized carbons (Fsp3) is 0.294. The molecule has 3 aromatic rings. The Labute approximate surface area is 153 Å². The van der Waals surface area contributed by atoms with Crippen molar-refractivity contribution in [2.75, 3.05) is 0 Å². The standard InChI is InChI=1S/C17H13Cl2N5O/c1-9-2-13(12-4-10(12)7-20)24-16(3-9)21-11(5-17(24)25)8-23-15(19)6-14(18)22-23/h2-3,5-6,10,12H,4,8H2,1H3/t10-,12+/m0/s1. The molecule has 1 fully saturated rings. The Hall–Kier alpha value is -2.36. The van der Waals surface area contributed by atoms with Crippen molar-refractivity contribution in [3.05, 3.63) is 61.9 Å². The number of hydrogen-bond donors (Lipinski definition) is 0. The summed E-state index contributed by atoms with van der Waals surface area (Å²) in [5, 5.41) is 13.8. The molecule has 0 saturated heterocycles. The van der Waals surface area contributed by atoms with Crippen molar-refractivity contribution in [2.24, 2.45) is 5.92 Å². The summed E-state index contributed by atoms with van der Waals surface area (Å²) in [6.07, 6.45) is 0.782. The summed E-state index contributed by atoms with van der Waals surface area (Å²) in [6.45, 7) is 2.21. The average molecular weight is 374 g/mol. The first kappa shape index (κ1) is 16.1. The first-order valence-corrected chi connectivity index (χ1v) is 8.53. The molecule has 1 aliphatic carbocycles. The Bertz CT molecular complexity index is 1090. The van der Waals surface area contributed by atoms with Crippen LogP contribution in [-0.4, -0.2) is 19.2 Å². The second-order valence-corrected chi connectivity index (χ2v) is 7.04. The van der Waals surface area contributed by atoms with Crippen LogP contribution in [0, 0.1) is 24.2 Å². The predicted molar refractivity (Wildman–Crippen MR) is 94.0 cm³/mol. The lowest BCUT2D eigenvalue weighted by molar-refractivity contribution is 0.671. The summed E-state index contributed by atoms with van der Waals surface area (Å²) in [7, 11) is 0. The maximum absolute atomic E-state index is 12.7. The molecule has 4 rings (SSSR count). The van der Waals surface area contributed by atoms with E-state index in [1.807, 2.05) is 19.1 Å². The van der Waals surface area contributed by atoms with Crippen LogP contribution in [0.25, 0.3) is 5.65 Å². The van der Waals surface area contributed by atoms with Gasteiger partial charge in [0.1, 0.15) is 10.8 Å². The van der Waals surface area contributed by atoms with Crippen molar-refractivity contribution in [3.63, 3.8) is 0 Å². The van der Waals surface area contributed by atoms with Crippen LogP contribution >= 0.6 is 23.2 Å². The molecule has 3 aromatic heterocycles. The summed E-state index contributed by atoms with van der Waals surface area (Å²) in [6, 6.07) is 9.10. The van der Waals surface area contributed by atoms with Gasteiger partial charge in [-0.3, -0.25) is 9.20 Å². The van der Waals surface area contributed by atoms with Crippen molar-refractivity contribution >= 4 is 28.8 Å². The molecule has 0 aliphatic heterocycles. The Morgan fingerprint density at radius 2 is 2.12 bits per heavy atom. The molecule has 0 N–H and O–H groups in total. The van der Waals surface area contributed by atoms with Gasteiger partial charge in [0.15, 0.2) is 5.15 Å². The minimum absolute atomic E-state index is 0.0263. The number of aromatic nitrogens is 4. The molecule has 25 heavy (non-hydrogen) atoms. The van der Waals surface area contributed by atoms with Crippen LogP contribution in [0.4, 0.5) is 0 Å². The van der Waals surface area contributed by atoms with Gasteiger partial charge in [-0.2, -0.15) is 10.4 Å². The van der Waals surface area contributed by atoms with E-state index in [-0.39, 0.29) is 29.1 Å². The monoisotopic (exact) mass is 373 g/mol. The molecule has 1 saturated carbocycles. The van der Waals surface area contributed by atoms with E-state index in [0.29, 0.717) is 16.5 Å². The topological polar surface area (TPSA) is 76.0 Å². The van der Waals surface area contributed by atoms with Gasteiger partial charge in [-0.15, -0.1) is 0 Å². The smallest absolute Gasteiger partial charge is 0.258 e. The van der Waals surface area contributed by atoms with Gasteiger partial charge in [0.2, 0.25) is 0 Å². The van der Waals surface area contributed by atoms with Gasteiger partial charge in [-0.1, -0.05) is 23.2 Å². The first-order valence-electron chi connectivity index (χ1n) is 7.78. The second-order valence-electron chi connectivity index (χ2n) is 6.26. The number of halogens is 2. The van der Waals surface area contributed by atoms with Crippen LogP contribution in [0.15, 0.2) is 29.1 Å². The highest BCUT2D eigenvalue weighted by molar-refractivity contribution is 6.33. The van der Waals surface area contributed by atoms with Crippen LogP contribution in [-0.2, 0) is 6.54 Å². The van der Waals surface area contributed by atoms with Crippen LogP contribution in [0.2, 0.25) is 10.3 Å². The fourth-order valence-electron chi connectivity index (χ4n) is 3.10. The predicted octanol–water partition coefficient (Wildman–Crippen LogP) is 3.18. The highest BCUT2D eigenvalue weighted by Crippen LogP contribution is 2.46. The molecule has 8 heteroatoms. The zero-order valence-corrected chi connectivity index (χ0v) is 14.8. The molecule has 2 atom stereocenters. The summed E-state index contributed by atoms with van der Waals surface area (Å²) >= 11 is 11.9. The van der Waals surface area contributed by atoms with E-state index in [4.69, 9.17) is 28.5 Å². The second kappa shape index (κ2) is 5.87. The normalized spacial score (nSPS) is 19.1. The van der Waals surface area contributed by atoms with E-state index in [0.717, 1.165) is 17.7 Å². The largest absolute Gasteiger partial charge is 0.269 e. The minimum atomic E-state index is -0.173. The van der Waals surface area contributed by atoms with Crippen LogP contribution in [0.5, 0.6) is 0 Å². The Kier molecular flexibility index (Phi) is 3.78. The lowest BCUT2D eigenvalue weighted by atomic mass is 10.1. The maximum atomic E-state index is 12.7. The molecule has 0 aromatic carbocycles. The molecule has 0 spiro atoms. The molecule has 0 unspecified atom stereocenters. The van der Waals surface area contributed by atoms with Crippen LogP contribution in [0.3, 0.4) is 0 Å². The number of aryl methyl sites for hydroxylation is 1. The van der Waals surface area contributed by atoms with E-state index in [2.05, 4.69) is 16.2 Å². The van der Waals surface area contributed by atoms with Crippen LogP contribution in [0.1, 0.15) is 29.3 Å². The lowest BCUT2D eigenvalue weighted by Crippen LogP contribution is -2.20. The van der Waals surface area contributed by atoms with Crippen LogP contribution < -0.4 is 5.56 Å². The number of fused-ring (bicyclic) bond motifs is 1. The first-order chi connectivity index (χ1) is 12.0. The number of rotatable bonds is 3. The zero-order valence-electron chi connectivity index (χ0n) is 13.3. The Morgan fingerprint density at radius 1 is 1.32 bits per heavy atom. The number of pyridine rings is 1. The van der Waals surface area contributed by atoms with Gasteiger partial charge >= 0.3 is 0 Å². The van der Waals surface area contributed by atoms with Crippen molar-refractivity contribution in [1.82, 2.24) is 19.2 Å². The third kappa shape index (κ3) is 2.90. The number of nitrogens with zero attached hydrogens (tertiary/aromatic N) is 5. The quantitative estimate of drug-likeness (QED) is 0.706. The molecular weight excluding hydrogens is 361 g/mol. The molecule has 0 amide bonds. The molecule has 3 heterocycles. The minimum Gasteiger partial charge on any atom is -0.269 e. The van der Waals surface area contributed by atoms with Gasteiger partial charge in [0, 0.05) is 23.7 Å². The number of nitriles is 1. The summed E-state index contributed by atoms with van der Waals surface area (Å²) in [4.78, 5) is 17.3. The number of hydrogen-bond acceptors (Lipinski definition) is 4. The molecule has 6 nitrogen and oxygen atoms in total. The van der Waals surface area contributed by atoms with Gasteiger partial charge < -0.3 is 0 Å². The Morgan fingerprint density at radius 3 is 2.76 bits per heavy atom. The average Bonchev–Trinajstić information content (AvgIpc) is 3.26. The van der Waals surface area contributed by atoms with Gasteiger partial charge in [0.05, 0.1) is 24.2 Å². The lowest BCUT2D eigenvalue weighted by Gasteiger charge is -2.11. The van der Waals surface area contributed by atoms with Gasteiger partial charge in [-0.25, -0.2) is 9.67 Å². The Balaban J connectivity index is 1.81. The van der Waals surface area contributed by atoms with E-state index >= 15 is 0 Å². The van der Waals surface area contributed by atoms with Crippen molar-refractivity contribution in [1.29, 1.82) is 5.26 Å². The van der Waals surface area contributed by atoms with Crippen molar-refractivity contribution in [2.45, 2.75) is 25.8 Å². The summed E-state index contributed by atoms with van der Waals surface area (Å²) < 4.78 is 3.08. The van der Waals surface area contributed by atoms with Crippen molar-refractivity contribution in [3.8, 4) is 6.07 Å². The molecular formula is C17H13Cl2N5O. The maximum Gasteiger partial charge on any atom is 0.258 e. The highest BCUT2D eigenvalue weighted by atomic mass is 35.5. The zero-order chi connectivity index (χ0) is 17.7. The van der Waals surface area contributed by atoms with Gasteiger partial charge in [0.25, 0.3) is 5.56 Å². The molecule has 0 bridgehead atoms. The van der Waals surface area contributed by atoms with Gasteiger partial charge in [-0.05, 0) is 31.0 Å². The molecule has 1 aliphatic rings. The third-order valence-corrected chi connectivity index (χ3v) is 4.83. The third-order valence-electron chi connectivity index (χ3n) is 4.34. The molecule has 0 radical (unpaired) electrons. The van der Waals surface area contributed by atoms with Crippen molar-refractivity contribution < 1.29 is 0 Å². The van der Waals surface area contributed by atoms with E-state index in [1.165, 1.54) is 16.8 Å². The van der Waals surface area contributed by atoms with E-state index in [9.17, 15) is 4.79 Å². The van der Waals surface area contributed by atoms with E-state index < -0.39 is 0 Å². The summed E-state index contributed by atoms with van der Waals surface area (Å²) in [5.74, 6) is 0.0683. The SMILES string of the molecule is Cc1cc([C@@H]2C[C@H]2C#N)n2c(=O)cc(Cn3nc(Cl)cc3Cl)nc2c1. The summed E-state index contributed by atoms with van der Waals surface area (Å²) in [5.41, 5.74) is 2.80. The van der Waals surface area contributed by atoms with E-state index in [1.54, 1.807) is 4.40 Å². The highest BCUT2D eigenvalue weighted by Gasteiger charge is 2.40. The molecule has 126 valence electrons.